The predicted molar refractivity (Wildman–Crippen MR) is 84.6 cm³/mol. The van der Waals surface area contributed by atoms with Crippen molar-refractivity contribution in [3.8, 4) is 12.3 Å². The van der Waals surface area contributed by atoms with E-state index in [-0.39, 0.29) is 13.0 Å². The number of carboxylic acid groups (broad SMARTS) is 1. The molecule has 1 aromatic rings. The third-order valence-electron chi connectivity index (χ3n) is 4.02. The Labute approximate surface area is 134 Å². The maximum atomic E-state index is 11.8. The molecule has 0 spiro atoms. The van der Waals surface area contributed by atoms with Crippen molar-refractivity contribution >= 4 is 23.5 Å². The molecular formula is C17H18N2O4. The number of rotatable bonds is 6. The molecule has 120 valence electrons. The van der Waals surface area contributed by atoms with Gasteiger partial charge in [-0.25, -0.2) is 0 Å². The summed E-state index contributed by atoms with van der Waals surface area (Å²) in [4.78, 5) is 34.8. The normalized spacial score (nSPS) is 14.9. The Balaban J connectivity index is 1.81. The van der Waals surface area contributed by atoms with Crippen molar-refractivity contribution in [1.29, 1.82) is 0 Å². The molecule has 2 amide bonds. The highest BCUT2D eigenvalue weighted by atomic mass is 16.4. The van der Waals surface area contributed by atoms with Gasteiger partial charge >= 0.3 is 5.97 Å². The first-order valence-corrected chi connectivity index (χ1v) is 7.32. The zero-order chi connectivity index (χ0) is 16.9. The molecule has 6 heteroatoms. The van der Waals surface area contributed by atoms with E-state index in [9.17, 15) is 19.5 Å². The molecule has 0 aliphatic heterocycles. The summed E-state index contributed by atoms with van der Waals surface area (Å²) in [6.45, 7) is -0.213. The van der Waals surface area contributed by atoms with Gasteiger partial charge in [-0.2, -0.15) is 0 Å². The van der Waals surface area contributed by atoms with Gasteiger partial charge in [0.1, 0.15) is 0 Å². The van der Waals surface area contributed by atoms with Crippen LogP contribution in [0.25, 0.3) is 0 Å². The number of hydrogen-bond acceptors (Lipinski definition) is 3. The molecule has 1 aromatic carbocycles. The van der Waals surface area contributed by atoms with Crippen LogP contribution in [0.4, 0.5) is 5.69 Å². The van der Waals surface area contributed by atoms with Gasteiger partial charge in [-0.15, -0.1) is 6.42 Å². The second kappa shape index (κ2) is 6.97. The monoisotopic (exact) mass is 314 g/mol. The molecule has 1 saturated carbocycles. The van der Waals surface area contributed by atoms with Crippen molar-refractivity contribution < 1.29 is 19.5 Å². The van der Waals surface area contributed by atoms with Crippen LogP contribution in [-0.2, 0) is 14.4 Å². The summed E-state index contributed by atoms with van der Waals surface area (Å²) in [5, 5.41) is 14.3. The van der Waals surface area contributed by atoms with Crippen molar-refractivity contribution in [2.24, 2.45) is 5.41 Å². The number of carbonyl (C=O) groups is 3. The Hall–Kier alpha value is -2.81. The summed E-state index contributed by atoms with van der Waals surface area (Å²) in [6.07, 6.45) is 7.00. The fourth-order valence-corrected chi connectivity index (χ4v) is 2.51. The van der Waals surface area contributed by atoms with E-state index in [4.69, 9.17) is 6.42 Å². The first-order valence-electron chi connectivity index (χ1n) is 7.32. The Bertz CT molecular complexity index is 671. The summed E-state index contributed by atoms with van der Waals surface area (Å²) in [5.74, 6) is 0.685. The summed E-state index contributed by atoms with van der Waals surface area (Å²) in [5.41, 5.74) is 0.225. The van der Waals surface area contributed by atoms with Gasteiger partial charge in [0.2, 0.25) is 11.8 Å². The SMILES string of the molecule is C#Cc1cccc(NC(=O)CNC(=O)CC2(C(=O)O)CCC2)c1. The molecule has 0 bridgehead atoms. The number of benzene rings is 1. The van der Waals surface area contributed by atoms with Crippen LogP contribution in [0.15, 0.2) is 24.3 Å². The lowest BCUT2D eigenvalue weighted by Gasteiger charge is -2.36. The molecule has 1 fully saturated rings. The topological polar surface area (TPSA) is 95.5 Å². The molecule has 2 rings (SSSR count). The molecule has 0 heterocycles. The molecule has 0 radical (unpaired) electrons. The van der Waals surface area contributed by atoms with E-state index in [0.29, 0.717) is 24.1 Å². The largest absolute Gasteiger partial charge is 0.481 e. The van der Waals surface area contributed by atoms with E-state index in [1.165, 1.54) is 0 Å². The quantitative estimate of drug-likeness (QED) is 0.691. The minimum atomic E-state index is -0.957. The lowest BCUT2D eigenvalue weighted by Crippen LogP contribution is -2.43. The number of hydrogen-bond donors (Lipinski definition) is 3. The highest BCUT2D eigenvalue weighted by Crippen LogP contribution is 2.44. The molecule has 1 aliphatic rings. The van der Waals surface area contributed by atoms with Crippen LogP contribution in [0.2, 0.25) is 0 Å². The Morgan fingerprint density at radius 2 is 2.00 bits per heavy atom. The van der Waals surface area contributed by atoms with Crippen molar-refractivity contribution in [1.82, 2.24) is 5.32 Å². The standard InChI is InChI=1S/C17H18N2O4/c1-2-12-5-3-6-13(9-12)19-15(21)11-18-14(20)10-17(16(22)23)7-4-8-17/h1,3,5-6,9H,4,7-8,10-11H2,(H,18,20)(H,19,21)(H,22,23). The lowest BCUT2D eigenvalue weighted by molar-refractivity contribution is -0.157. The van der Waals surface area contributed by atoms with E-state index < -0.39 is 23.2 Å². The minimum absolute atomic E-state index is 0.0950. The zero-order valence-electron chi connectivity index (χ0n) is 12.6. The van der Waals surface area contributed by atoms with Crippen LogP contribution in [0.1, 0.15) is 31.2 Å². The molecule has 0 atom stereocenters. The van der Waals surface area contributed by atoms with Gasteiger partial charge in [-0.3, -0.25) is 14.4 Å². The van der Waals surface area contributed by atoms with Gasteiger partial charge in [0.05, 0.1) is 12.0 Å². The molecule has 0 saturated heterocycles. The molecule has 1 aliphatic carbocycles. The van der Waals surface area contributed by atoms with Crippen molar-refractivity contribution in [3.05, 3.63) is 29.8 Å². The van der Waals surface area contributed by atoms with E-state index >= 15 is 0 Å². The Morgan fingerprint density at radius 1 is 1.26 bits per heavy atom. The minimum Gasteiger partial charge on any atom is -0.481 e. The van der Waals surface area contributed by atoms with Crippen molar-refractivity contribution in [2.45, 2.75) is 25.7 Å². The Kier molecular flexibility index (Phi) is 5.02. The van der Waals surface area contributed by atoms with Gasteiger partial charge in [0, 0.05) is 17.7 Å². The fourth-order valence-electron chi connectivity index (χ4n) is 2.51. The third-order valence-corrected chi connectivity index (χ3v) is 4.02. The number of amides is 2. The lowest BCUT2D eigenvalue weighted by atomic mass is 9.66. The molecule has 3 N–H and O–H groups in total. The van der Waals surface area contributed by atoms with Gasteiger partial charge in [-0.1, -0.05) is 18.4 Å². The van der Waals surface area contributed by atoms with Crippen molar-refractivity contribution in [2.75, 3.05) is 11.9 Å². The van der Waals surface area contributed by atoms with Gasteiger partial charge in [-0.05, 0) is 31.0 Å². The average Bonchev–Trinajstić information content (AvgIpc) is 2.48. The van der Waals surface area contributed by atoms with Crippen LogP contribution in [0.5, 0.6) is 0 Å². The molecule has 0 aromatic heterocycles. The number of terminal acetylenes is 1. The average molecular weight is 314 g/mol. The van der Waals surface area contributed by atoms with Crippen LogP contribution in [-0.4, -0.2) is 29.4 Å². The summed E-state index contributed by atoms with van der Waals surface area (Å²) in [7, 11) is 0. The van der Waals surface area contributed by atoms with E-state index in [1.807, 2.05) is 0 Å². The maximum Gasteiger partial charge on any atom is 0.310 e. The molecule has 6 nitrogen and oxygen atoms in total. The summed E-state index contributed by atoms with van der Waals surface area (Å²) in [6, 6.07) is 6.79. The fraction of sp³-hybridized carbons (Fsp3) is 0.353. The second-order valence-corrected chi connectivity index (χ2v) is 5.67. The highest BCUT2D eigenvalue weighted by molar-refractivity contribution is 5.95. The number of aliphatic carboxylic acids is 1. The van der Waals surface area contributed by atoms with Gasteiger partial charge in [0.25, 0.3) is 0 Å². The van der Waals surface area contributed by atoms with Gasteiger partial charge < -0.3 is 15.7 Å². The van der Waals surface area contributed by atoms with E-state index in [2.05, 4.69) is 16.6 Å². The van der Waals surface area contributed by atoms with Gasteiger partial charge in [0.15, 0.2) is 0 Å². The predicted octanol–water partition coefficient (Wildman–Crippen LogP) is 1.37. The third kappa shape index (κ3) is 4.10. The van der Waals surface area contributed by atoms with Crippen LogP contribution in [0, 0.1) is 17.8 Å². The van der Waals surface area contributed by atoms with Crippen molar-refractivity contribution in [3.63, 3.8) is 0 Å². The number of carboxylic acids is 1. The Morgan fingerprint density at radius 3 is 2.57 bits per heavy atom. The van der Waals surface area contributed by atoms with Crippen LogP contribution in [0.3, 0.4) is 0 Å². The first-order chi connectivity index (χ1) is 10.9. The summed E-state index contributed by atoms with van der Waals surface area (Å²) >= 11 is 0. The zero-order valence-corrected chi connectivity index (χ0v) is 12.6. The van der Waals surface area contributed by atoms with Crippen LogP contribution < -0.4 is 10.6 Å². The number of carbonyl (C=O) groups excluding carboxylic acids is 2. The van der Waals surface area contributed by atoms with Crippen LogP contribution >= 0.6 is 0 Å². The first kappa shape index (κ1) is 16.6. The number of anilines is 1. The molecular weight excluding hydrogens is 296 g/mol. The number of nitrogens with one attached hydrogen (secondary N) is 2. The maximum absolute atomic E-state index is 11.8. The molecule has 23 heavy (non-hydrogen) atoms. The second-order valence-electron chi connectivity index (χ2n) is 5.67. The summed E-state index contributed by atoms with van der Waals surface area (Å²) < 4.78 is 0. The highest BCUT2D eigenvalue weighted by Gasteiger charge is 2.45. The van der Waals surface area contributed by atoms with E-state index in [0.717, 1.165) is 6.42 Å². The molecule has 0 unspecified atom stereocenters. The van der Waals surface area contributed by atoms with E-state index in [1.54, 1.807) is 24.3 Å². The smallest absolute Gasteiger partial charge is 0.310 e.